The molecule has 4 nitrogen and oxygen atoms in total. The van der Waals surface area contributed by atoms with Gasteiger partial charge in [0.1, 0.15) is 5.75 Å². The quantitative estimate of drug-likeness (QED) is 0.843. The maximum absolute atomic E-state index is 12.0. The molecule has 1 fully saturated rings. The van der Waals surface area contributed by atoms with Crippen LogP contribution < -0.4 is 5.32 Å². The SMILES string of the molecule is CC1(C)CC(NC(=O)c2ccccc2O)CCO1. The second-order valence-electron chi connectivity index (χ2n) is 5.29. The molecule has 1 atom stereocenters. The summed E-state index contributed by atoms with van der Waals surface area (Å²) in [5, 5.41) is 12.6. The van der Waals surface area contributed by atoms with Crippen molar-refractivity contribution < 1.29 is 14.6 Å². The van der Waals surface area contributed by atoms with Crippen LogP contribution in [0.4, 0.5) is 0 Å². The third-order valence-electron chi connectivity index (χ3n) is 3.18. The highest BCUT2D eigenvalue weighted by Crippen LogP contribution is 2.24. The largest absolute Gasteiger partial charge is 0.507 e. The third kappa shape index (κ3) is 3.01. The van der Waals surface area contributed by atoms with E-state index in [1.54, 1.807) is 18.2 Å². The Bertz CT molecular complexity index is 442. The zero-order valence-corrected chi connectivity index (χ0v) is 10.8. The normalized spacial score (nSPS) is 22.4. The number of hydrogen-bond donors (Lipinski definition) is 2. The van der Waals surface area contributed by atoms with Crippen LogP contribution in [0.2, 0.25) is 0 Å². The highest BCUT2D eigenvalue weighted by atomic mass is 16.5. The van der Waals surface area contributed by atoms with Crippen molar-refractivity contribution in [3.8, 4) is 5.75 Å². The van der Waals surface area contributed by atoms with E-state index in [1.807, 2.05) is 13.8 Å². The van der Waals surface area contributed by atoms with Crippen LogP contribution in [0.1, 0.15) is 37.0 Å². The van der Waals surface area contributed by atoms with E-state index >= 15 is 0 Å². The lowest BCUT2D eigenvalue weighted by Crippen LogP contribution is -2.45. The first-order valence-electron chi connectivity index (χ1n) is 6.21. The first-order chi connectivity index (χ1) is 8.48. The lowest BCUT2D eigenvalue weighted by Gasteiger charge is -2.35. The van der Waals surface area contributed by atoms with Gasteiger partial charge in [-0.1, -0.05) is 12.1 Å². The number of benzene rings is 1. The Balaban J connectivity index is 2.02. The van der Waals surface area contributed by atoms with Gasteiger partial charge in [-0.15, -0.1) is 0 Å². The molecule has 1 saturated heterocycles. The molecule has 0 spiro atoms. The Morgan fingerprint density at radius 3 is 2.83 bits per heavy atom. The average molecular weight is 249 g/mol. The van der Waals surface area contributed by atoms with E-state index in [0.29, 0.717) is 12.2 Å². The number of phenols is 1. The number of para-hydroxylation sites is 1. The second kappa shape index (κ2) is 4.98. The molecule has 2 N–H and O–H groups in total. The van der Waals surface area contributed by atoms with Gasteiger partial charge in [0, 0.05) is 12.6 Å². The zero-order valence-electron chi connectivity index (χ0n) is 10.8. The van der Waals surface area contributed by atoms with E-state index in [4.69, 9.17) is 4.74 Å². The maximum atomic E-state index is 12.0. The molecule has 1 heterocycles. The van der Waals surface area contributed by atoms with Gasteiger partial charge in [0.25, 0.3) is 5.91 Å². The Hall–Kier alpha value is -1.55. The molecule has 2 rings (SSSR count). The monoisotopic (exact) mass is 249 g/mol. The molecule has 1 aliphatic heterocycles. The first-order valence-corrected chi connectivity index (χ1v) is 6.21. The van der Waals surface area contributed by atoms with Gasteiger partial charge in [0.2, 0.25) is 0 Å². The van der Waals surface area contributed by atoms with Crippen LogP contribution in [0.25, 0.3) is 0 Å². The Labute approximate surface area is 107 Å². The number of aromatic hydroxyl groups is 1. The fourth-order valence-corrected chi connectivity index (χ4v) is 2.28. The zero-order chi connectivity index (χ0) is 13.2. The average Bonchev–Trinajstić information content (AvgIpc) is 2.28. The van der Waals surface area contributed by atoms with Gasteiger partial charge in [-0.05, 0) is 38.8 Å². The first kappa shape index (κ1) is 12.9. The number of rotatable bonds is 2. The molecule has 0 aliphatic carbocycles. The summed E-state index contributed by atoms with van der Waals surface area (Å²) in [5.74, 6) is -0.211. The molecule has 1 amide bonds. The van der Waals surface area contributed by atoms with Crippen molar-refractivity contribution in [3.05, 3.63) is 29.8 Å². The summed E-state index contributed by atoms with van der Waals surface area (Å²) >= 11 is 0. The fraction of sp³-hybridized carbons (Fsp3) is 0.500. The van der Waals surface area contributed by atoms with Gasteiger partial charge in [0.05, 0.1) is 11.2 Å². The second-order valence-corrected chi connectivity index (χ2v) is 5.29. The van der Waals surface area contributed by atoms with E-state index in [0.717, 1.165) is 12.8 Å². The van der Waals surface area contributed by atoms with Gasteiger partial charge in [-0.3, -0.25) is 4.79 Å². The van der Waals surface area contributed by atoms with Gasteiger partial charge in [0.15, 0.2) is 0 Å². The van der Waals surface area contributed by atoms with Crippen LogP contribution in [0.5, 0.6) is 5.75 Å². The van der Waals surface area contributed by atoms with Crippen molar-refractivity contribution in [1.29, 1.82) is 0 Å². The highest BCUT2D eigenvalue weighted by Gasteiger charge is 2.30. The Kier molecular flexibility index (Phi) is 3.57. The van der Waals surface area contributed by atoms with Crippen molar-refractivity contribution in [2.75, 3.05) is 6.61 Å². The topological polar surface area (TPSA) is 58.6 Å². The molecule has 98 valence electrons. The molecule has 0 radical (unpaired) electrons. The molecule has 0 aromatic heterocycles. The molecule has 4 heteroatoms. The van der Waals surface area contributed by atoms with Crippen LogP contribution in [0.15, 0.2) is 24.3 Å². The van der Waals surface area contributed by atoms with Crippen LogP contribution in [0, 0.1) is 0 Å². The minimum absolute atomic E-state index is 0.0151. The van der Waals surface area contributed by atoms with Crippen molar-refractivity contribution in [2.45, 2.75) is 38.3 Å². The van der Waals surface area contributed by atoms with Gasteiger partial charge >= 0.3 is 0 Å². The predicted molar refractivity (Wildman–Crippen MR) is 68.6 cm³/mol. The number of phenolic OH excluding ortho intramolecular Hbond substituents is 1. The summed E-state index contributed by atoms with van der Waals surface area (Å²) in [5.41, 5.74) is 0.122. The summed E-state index contributed by atoms with van der Waals surface area (Å²) in [7, 11) is 0. The van der Waals surface area contributed by atoms with Crippen LogP contribution >= 0.6 is 0 Å². The highest BCUT2D eigenvalue weighted by molar-refractivity contribution is 5.96. The maximum Gasteiger partial charge on any atom is 0.255 e. The smallest absolute Gasteiger partial charge is 0.255 e. The van der Waals surface area contributed by atoms with E-state index in [1.165, 1.54) is 6.07 Å². The van der Waals surface area contributed by atoms with E-state index < -0.39 is 0 Å². The number of ether oxygens (including phenoxy) is 1. The van der Waals surface area contributed by atoms with Crippen LogP contribution in [-0.2, 0) is 4.74 Å². The van der Waals surface area contributed by atoms with Crippen molar-refractivity contribution in [1.82, 2.24) is 5.32 Å². The number of carbonyl (C=O) groups excluding carboxylic acids is 1. The van der Waals surface area contributed by atoms with Crippen LogP contribution in [0.3, 0.4) is 0 Å². The summed E-state index contributed by atoms with van der Waals surface area (Å²) in [6.45, 7) is 4.69. The van der Waals surface area contributed by atoms with Gasteiger partial charge in [-0.2, -0.15) is 0 Å². The molecule has 18 heavy (non-hydrogen) atoms. The number of carbonyl (C=O) groups is 1. The molecule has 1 aliphatic rings. The molecular formula is C14H19NO3. The van der Waals surface area contributed by atoms with Gasteiger partial charge in [-0.25, -0.2) is 0 Å². The van der Waals surface area contributed by atoms with E-state index in [9.17, 15) is 9.90 Å². The van der Waals surface area contributed by atoms with E-state index in [-0.39, 0.29) is 23.3 Å². The summed E-state index contributed by atoms with van der Waals surface area (Å²) in [6.07, 6.45) is 1.59. The summed E-state index contributed by atoms with van der Waals surface area (Å²) in [4.78, 5) is 12.0. The summed E-state index contributed by atoms with van der Waals surface area (Å²) < 4.78 is 5.61. The van der Waals surface area contributed by atoms with E-state index in [2.05, 4.69) is 5.32 Å². The fourth-order valence-electron chi connectivity index (χ4n) is 2.28. The van der Waals surface area contributed by atoms with Crippen molar-refractivity contribution in [3.63, 3.8) is 0 Å². The molecule has 0 saturated carbocycles. The van der Waals surface area contributed by atoms with Gasteiger partial charge < -0.3 is 15.2 Å². The summed E-state index contributed by atoms with van der Waals surface area (Å²) in [6, 6.07) is 6.67. The van der Waals surface area contributed by atoms with Crippen molar-refractivity contribution >= 4 is 5.91 Å². The Morgan fingerprint density at radius 1 is 1.44 bits per heavy atom. The minimum Gasteiger partial charge on any atom is -0.507 e. The standard InChI is InChI=1S/C14H19NO3/c1-14(2)9-10(7-8-18-14)15-13(17)11-5-3-4-6-12(11)16/h3-6,10,16H,7-9H2,1-2H3,(H,15,17). The predicted octanol–water partition coefficient (Wildman–Crippen LogP) is 2.08. The molecular weight excluding hydrogens is 230 g/mol. The lowest BCUT2D eigenvalue weighted by molar-refractivity contribution is -0.0615. The van der Waals surface area contributed by atoms with Crippen molar-refractivity contribution in [2.24, 2.45) is 0 Å². The van der Waals surface area contributed by atoms with Crippen LogP contribution in [-0.4, -0.2) is 29.3 Å². The number of nitrogens with one attached hydrogen (secondary N) is 1. The molecule has 1 aromatic carbocycles. The third-order valence-corrected chi connectivity index (χ3v) is 3.18. The number of amides is 1. The number of hydrogen-bond acceptors (Lipinski definition) is 3. The molecule has 0 bridgehead atoms. The Morgan fingerprint density at radius 2 is 2.17 bits per heavy atom. The minimum atomic E-state index is -0.226. The molecule has 1 aromatic rings. The lowest BCUT2D eigenvalue weighted by atomic mass is 9.93. The molecule has 1 unspecified atom stereocenters.